The maximum absolute atomic E-state index is 13.1. The highest BCUT2D eigenvalue weighted by Crippen LogP contribution is 2.39. The number of carbonyl (C=O) groups is 3. The number of amides is 4. The number of urea groups is 1. The molecule has 4 amide bonds. The van der Waals surface area contributed by atoms with Gasteiger partial charge in [0, 0.05) is 5.69 Å². The Labute approximate surface area is 170 Å². The summed E-state index contributed by atoms with van der Waals surface area (Å²) in [6, 6.07) is 10.6. The van der Waals surface area contributed by atoms with Crippen LogP contribution in [-0.4, -0.2) is 29.3 Å². The number of carbonyl (C=O) groups excluding carboxylic acids is 3. The molecule has 0 bridgehead atoms. The molecule has 0 saturated carbocycles. The molecule has 1 aliphatic heterocycles. The molecular weight excluding hydrogens is 399 g/mol. The fraction of sp³-hybridized carbons (Fsp3) is 0.286. The van der Waals surface area contributed by atoms with E-state index in [0.717, 1.165) is 46.7 Å². The number of benzene rings is 2. The number of fused-ring (bicyclic) bond motifs is 2. The van der Waals surface area contributed by atoms with Crippen molar-refractivity contribution in [2.45, 2.75) is 31.0 Å². The number of nitrogens with zero attached hydrogens (tertiary/aromatic N) is 1. The molecule has 1 spiro atoms. The van der Waals surface area contributed by atoms with Gasteiger partial charge in [-0.1, -0.05) is 24.3 Å². The van der Waals surface area contributed by atoms with Crippen LogP contribution >= 0.6 is 0 Å². The molecular formula is C21H18F3N3O3. The molecule has 2 N–H and O–H groups in total. The molecule has 2 aromatic rings. The van der Waals surface area contributed by atoms with E-state index in [-0.39, 0.29) is 5.69 Å². The molecule has 9 heteroatoms. The van der Waals surface area contributed by atoms with E-state index in [4.69, 9.17) is 0 Å². The summed E-state index contributed by atoms with van der Waals surface area (Å²) in [6.45, 7) is -0.532. The fourth-order valence-electron chi connectivity index (χ4n) is 4.04. The van der Waals surface area contributed by atoms with Crippen LogP contribution in [0.3, 0.4) is 0 Å². The molecule has 2 aromatic carbocycles. The number of hydrogen-bond acceptors (Lipinski definition) is 3. The van der Waals surface area contributed by atoms with Crippen molar-refractivity contribution in [1.29, 1.82) is 0 Å². The summed E-state index contributed by atoms with van der Waals surface area (Å²) >= 11 is 0. The van der Waals surface area contributed by atoms with Gasteiger partial charge in [0.1, 0.15) is 12.1 Å². The predicted molar refractivity (Wildman–Crippen MR) is 101 cm³/mol. The van der Waals surface area contributed by atoms with E-state index in [1.807, 2.05) is 12.1 Å². The summed E-state index contributed by atoms with van der Waals surface area (Å²) in [7, 11) is 0. The highest BCUT2D eigenvalue weighted by atomic mass is 19.4. The zero-order chi connectivity index (χ0) is 21.5. The largest absolute Gasteiger partial charge is 0.416 e. The minimum absolute atomic E-state index is 0.137. The minimum atomic E-state index is -4.48. The summed E-state index contributed by atoms with van der Waals surface area (Å²) in [6.07, 6.45) is -2.52. The van der Waals surface area contributed by atoms with E-state index in [2.05, 4.69) is 10.6 Å². The molecule has 1 heterocycles. The lowest BCUT2D eigenvalue weighted by molar-refractivity contribution is -0.137. The Kier molecular flexibility index (Phi) is 4.76. The van der Waals surface area contributed by atoms with E-state index in [0.29, 0.717) is 12.8 Å². The van der Waals surface area contributed by atoms with Crippen LogP contribution in [0.5, 0.6) is 0 Å². The average Bonchev–Trinajstić information content (AvgIpc) is 2.93. The van der Waals surface area contributed by atoms with Crippen LogP contribution in [0, 0.1) is 0 Å². The van der Waals surface area contributed by atoms with Gasteiger partial charge in [-0.15, -0.1) is 0 Å². The SMILES string of the molecule is O=C(CN1C(=O)N[C@@]2(CCCc3ccccc32)C1=O)Nc1ccc(C(F)(F)F)cc1. The number of imide groups is 1. The molecule has 156 valence electrons. The van der Waals surface area contributed by atoms with E-state index < -0.39 is 41.7 Å². The van der Waals surface area contributed by atoms with E-state index in [1.165, 1.54) is 0 Å². The zero-order valence-electron chi connectivity index (χ0n) is 15.8. The zero-order valence-corrected chi connectivity index (χ0v) is 15.8. The molecule has 0 unspecified atom stereocenters. The minimum Gasteiger partial charge on any atom is -0.325 e. The summed E-state index contributed by atoms with van der Waals surface area (Å²) in [5.41, 5.74) is -0.167. The van der Waals surface area contributed by atoms with Crippen LogP contribution in [0.25, 0.3) is 0 Å². The quantitative estimate of drug-likeness (QED) is 0.752. The van der Waals surface area contributed by atoms with Crippen molar-refractivity contribution >= 4 is 23.5 Å². The van der Waals surface area contributed by atoms with Gasteiger partial charge in [0.15, 0.2) is 0 Å². The van der Waals surface area contributed by atoms with Crippen LogP contribution in [0.2, 0.25) is 0 Å². The molecule has 4 rings (SSSR count). The number of alkyl halides is 3. The van der Waals surface area contributed by atoms with Crippen LogP contribution in [-0.2, 0) is 27.7 Å². The number of hydrogen-bond donors (Lipinski definition) is 2. The van der Waals surface area contributed by atoms with Crippen LogP contribution < -0.4 is 10.6 Å². The maximum atomic E-state index is 13.1. The van der Waals surface area contributed by atoms with Crippen molar-refractivity contribution in [2.75, 3.05) is 11.9 Å². The molecule has 1 saturated heterocycles. The van der Waals surface area contributed by atoms with Crippen LogP contribution in [0.4, 0.5) is 23.7 Å². The van der Waals surface area contributed by atoms with E-state index in [1.54, 1.807) is 12.1 Å². The maximum Gasteiger partial charge on any atom is 0.416 e. The van der Waals surface area contributed by atoms with Gasteiger partial charge in [-0.25, -0.2) is 4.79 Å². The molecule has 0 radical (unpaired) electrons. The third-order valence-electron chi connectivity index (χ3n) is 5.45. The number of halogens is 3. The molecule has 30 heavy (non-hydrogen) atoms. The van der Waals surface area contributed by atoms with Gasteiger partial charge < -0.3 is 10.6 Å². The number of nitrogens with one attached hydrogen (secondary N) is 2. The molecule has 1 fully saturated rings. The first kappa shape index (κ1) is 19.9. The summed E-state index contributed by atoms with van der Waals surface area (Å²) in [5.74, 6) is -1.18. The normalized spacial score (nSPS) is 20.8. The summed E-state index contributed by atoms with van der Waals surface area (Å²) < 4.78 is 37.9. The summed E-state index contributed by atoms with van der Waals surface area (Å²) in [5, 5.41) is 5.17. The number of rotatable bonds is 3. The Morgan fingerprint density at radius 3 is 2.50 bits per heavy atom. The Morgan fingerprint density at radius 1 is 1.10 bits per heavy atom. The lowest BCUT2D eigenvalue weighted by Crippen LogP contribution is -2.47. The topological polar surface area (TPSA) is 78.5 Å². The van der Waals surface area contributed by atoms with Crippen molar-refractivity contribution in [3.8, 4) is 0 Å². The lowest BCUT2D eigenvalue weighted by Gasteiger charge is -2.33. The van der Waals surface area contributed by atoms with Gasteiger partial charge in [-0.2, -0.15) is 13.2 Å². The fourth-order valence-corrected chi connectivity index (χ4v) is 4.04. The molecule has 1 aliphatic carbocycles. The van der Waals surface area contributed by atoms with E-state index in [9.17, 15) is 27.6 Å². The van der Waals surface area contributed by atoms with Crippen molar-refractivity contribution < 1.29 is 27.6 Å². The van der Waals surface area contributed by atoms with Gasteiger partial charge >= 0.3 is 12.2 Å². The second kappa shape index (κ2) is 7.16. The van der Waals surface area contributed by atoms with Gasteiger partial charge in [-0.3, -0.25) is 14.5 Å². The third-order valence-corrected chi connectivity index (χ3v) is 5.45. The van der Waals surface area contributed by atoms with E-state index >= 15 is 0 Å². The van der Waals surface area contributed by atoms with Crippen LogP contribution in [0.1, 0.15) is 29.5 Å². The molecule has 1 atom stereocenters. The third kappa shape index (κ3) is 3.40. The lowest BCUT2D eigenvalue weighted by atomic mass is 9.76. The predicted octanol–water partition coefficient (Wildman–Crippen LogP) is 3.43. The van der Waals surface area contributed by atoms with Crippen molar-refractivity contribution in [2.24, 2.45) is 0 Å². The molecule has 0 aromatic heterocycles. The molecule has 2 aliphatic rings. The Bertz CT molecular complexity index is 1020. The monoisotopic (exact) mass is 417 g/mol. The highest BCUT2D eigenvalue weighted by molar-refractivity contribution is 6.10. The second-order valence-corrected chi connectivity index (χ2v) is 7.36. The average molecular weight is 417 g/mol. The standard InChI is InChI=1S/C21H18F3N3O3/c22-21(23,24)14-7-9-15(10-8-14)25-17(28)12-27-18(29)20(26-19(27)30)11-3-5-13-4-1-2-6-16(13)20/h1-2,4,6-10H,3,5,11-12H2,(H,25,28)(H,26,30)/t20-/m1/s1. The van der Waals surface area contributed by atoms with Crippen molar-refractivity contribution in [3.05, 3.63) is 65.2 Å². The smallest absolute Gasteiger partial charge is 0.325 e. The Morgan fingerprint density at radius 2 is 1.80 bits per heavy atom. The first-order valence-electron chi connectivity index (χ1n) is 9.40. The van der Waals surface area contributed by atoms with Gasteiger partial charge in [0.25, 0.3) is 5.91 Å². The van der Waals surface area contributed by atoms with Gasteiger partial charge in [0.05, 0.1) is 5.56 Å². The number of anilines is 1. The van der Waals surface area contributed by atoms with Crippen molar-refractivity contribution in [1.82, 2.24) is 10.2 Å². The summed E-state index contributed by atoms with van der Waals surface area (Å²) in [4.78, 5) is 38.8. The van der Waals surface area contributed by atoms with Gasteiger partial charge in [-0.05, 0) is 54.7 Å². The second-order valence-electron chi connectivity index (χ2n) is 7.36. The first-order chi connectivity index (χ1) is 14.2. The number of aryl methyl sites for hydroxylation is 1. The molecule has 6 nitrogen and oxygen atoms in total. The van der Waals surface area contributed by atoms with Gasteiger partial charge in [0.2, 0.25) is 5.91 Å². The first-order valence-corrected chi connectivity index (χ1v) is 9.40. The Hall–Kier alpha value is -3.36. The van der Waals surface area contributed by atoms with Crippen LogP contribution in [0.15, 0.2) is 48.5 Å². The highest BCUT2D eigenvalue weighted by Gasteiger charge is 2.54. The van der Waals surface area contributed by atoms with Crippen molar-refractivity contribution in [3.63, 3.8) is 0 Å². The Balaban J connectivity index is 1.49.